The Balaban J connectivity index is 2.03. The average molecular weight is 312 g/mol. The van der Waals surface area contributed by atoms with Crippen molar-refractivity contribution in [3.63, 3.8) is 0 Å². The topological polar surface area (TPSA) is 116 Å². The Morgan fingerprint density at radius 1 is 1.57 bits per heavy atom. The zero-order valence-electron chi connectivity index (χ0n) is 12.4. The van der Waals surface area contributed by atoms with E-state index in [1.54, 1.807) is 12.3 Å². The quantitative estimate of drug-likeness (QED) is 0.845. The number of aryl methyl sites for hydroxylation is 1. The number of carbonyl (C=O) groups excluding carboxylic acids is 1. The summed E-state index contributed by atoms with van der Waals surface area (Å²) in [6.07, 6.45) is 2.21. The normalized spacial score (nSPS) is 15.2. The van der Waals surface area contributed by atoms with Crippen molar-refractivity contribution in [2.45, 2.75) is 6.92 Å². The van der Waals surface area contributed by atoms with Crippen LogP contribution in [-0.4, -0.2) is 47.0 Å². The maximum absolute atomic E-state index is 11.2. The number of H-pyrrole nitrogens is 1. The number of nitrogens with one attached hydrogen (secondary N) is 1. The lowest BCUT2D eigenvalue weighted by Gasteiger charge is -2.15. The molecule has 0 atom stereocenters. The van der Waals surface area contributed by atoms with Crippen molar-refractivity contribution in [3.05, 3.63) is 23.5 Å². The molecule has 0 saturated heterocycles. The Bertz CT molecular complexity index is 877. The van der Waals surface area contributed by atoms with Crippen LogP contribution in [0, 0.1) is 18.3 Å². The number of rotatable bonds is 2. The van der Waals surface area contributed by atoms with Gasteiger partial charge in [-0.25, -0.2) is 19.8 Å². The highest BCUT2D eigenvalue weighted by atomic mass is 16.8. The van der Waals surface area contributed by atoms with Crippen molar-refractivity contribution >= 4 is 35.1 Å². The molecule has 0 radical (unpaired) electrons. The van der Waals surface area contributed by atoms with E-state index in [4.69, 9.17) is 4.84 Å². The van der Waals surface area contributed by atoms with E-state index in [1.165, 1.54) is 18.5 Å². The Labute approximate surface area is 130 Å². The van der Waals surface area contributed by atoms with E-state index in [0.29, 0.717) is 22.3 Å². The molecule has 0 unspecified atom stereocenters. The predicted octanol–water partition coefficient (Wildman–Crippen LogP) is 1.81. The molecule has 3 rings (SSSR count). The third kappa shape index (κ3) is 2.57. The molecule has 1 aliphatic rings. The Morgan fingerprint density at radius 2 is 2.39 bits per heavy atom. The van der Waals surface area contributed by atoms with E-state index < -0.39 is 6.16 Å². The van der Waals surface area contributed by atoms with Crippen molar-refractivity contribution < 1.29 is 14.4 Å². The molecule has 9 nitrogen and oxygen atoms in total. The molecule has 0 bridgehead atoms. The summed E-state index contributed by atoms with van der Waals surface area (Å²) in [5.41, 5.74) is 3.05. The standard InChI is InChI=1S/C14H12N6O3/c1-8-10(5-9(6-15)12-11(8)17-7-18-12)19-13-16-3-4-20(13)23-14(21)22-2/h3,5,7H,4H2,1-2H3,(H,17,18). The van der Waals surface area contributed by atoms with E-state index in [2.05, 4.69) is 30.8 Å². The van der Waals surface area contributed by atoms with Crippen LogP contribution in [0.2, 0.25) is 0 Å². The summed E-state index contributed by atoms with van der Waals surface area (Å²) in [5, 5.41) is 10.5. The summed E-state index contributed by atoms with van der Waals surface area (Å²) in [7, 11) is 1.21. The van der Waals surface area contributed by atoms with E-state index >= 15 is 0 Å². The smallest absolute Gasteiger partial charge is 0.436 e. The van der Waals surface area contributed by atoms with Crippen LogP contribution in [-0.2, 0) is 9.57 Å². The fourth-order valence-corrected chi connectivity index (χ4v) is 2.17. The van der Waals surface area contributed by atoms with Crippen LogP contribution in [0.4, 0.5) is 10.5 Å². The highest BCUT2D eigenvalue weighted by Gasteiger charge is 2.21. The summed E-state index contributed by atoms with van der Waals surface area (Å²) in [6.45, 7) is 2.11. The first kappa shape index (κ1) is 14.5. The molecule has 0 aliphatic carbocycles. The van der Waals surface area contributed by atoms with Gasteiger partial charge in [-0.05, 0) is 13.0 Å². The highest BCUT2D eigenvalue weighted by Crippen LogP contribution is 2.29. The maximum atomic E-state index is 11.2. The average Bonchev–Trinajstić information content (AvgIpc) is 3.20. The molecule has 116 valence electrons. The number of carbonyl (C=O) groups is 1. The summed E-state index contributed by atoms with van der Waals surface area (Å²) >= 11 is 0. The van der Waals surface area contributed by atoms with Crippen LogP contribution < -0.4 is 0 Å². The number of aromatic amines is 1. The number of imidazole rings is 1. The lowest BCUT2D eigenvalue weighted by atomic mass is 10.1. The van der Waals surface area contributed by atoms with E-state index in [-0.39, 0.29) is 12.5 Å². The number of fused-ring (bicyclic) bond motifs is 1. The van der Waals surface area contributed by atoms with Gasteiger partial charge in [-0.2, -0.15) is 10.3 Å². The van der Waals surface area contributed by atoms with Crippen LogP contribution in [0.25, 0.3) is 11.0 Å². The zero-order valence-corrected chi connectivity index (χ0v) is 12.4. The molecule has 2 heterocycles. The molecule has 0 amide bonds. The van der Waals surface area contributed by atoms with E-state index in [9.17, 15) is 10.1 Å². The zero-order chi connectivity index (χ0) is 16.4. The SMILES string of the molecule is COC(=O)ON1CC=NC1=Nc1cc(C#N)c2[nH]cnc2c1C. The summed E-state index contributed by atoms with van der Waals surface area (Å²) in [4.78, 5) is 31.8. The van der Waals surface area contributed by atoms with Crippen molar-refractivity contribution in [1.29, 1.82) is 5.26 Å². The molecule has 1 aromatic heterocycles. The van der Waals surface area contributed by atoms with Gasteiger partial charge in [0.25, 0.3) is 5.96 Å². The van der Waals surface area contributed by atoms with Crippen LogP contribution in [0.15, 0.2) is 22.4 Å². The summed E-state index contributed by atoms with van der Waals surface area (Å²) in [5.74, 6) is 0.192. The molecule has 1 aliphatic heterocycles. The minimum absolute atomic E-state index is 0.192. The van der Waals surface area contributed by atoms with Crippen molar-refractivity contribution in [2.75, 3.05) is 13.7 Å². The van der Waals surface area contributed by atoms with Gasteiger partial charge in [-0.1, -0.05) is 0 Å². The first-order valence-electron chi connectivity index (χ1n) is 6.65. The van der Waals surface area contributed by atoms with Crippen molar-refractivity contribution in [1.82, 2.24) is 15.0 Å². The summed E-state index contributed by atoms with van der Waals surface area (Å²) in [6, 6.07) is 3.74. The number of hydrogen-bond acceptors (Lipinski definition) is 6. The molecule has 0 spiro atoms. The lowest BCUT2D eigenvalue weighted by molar-refractivity contribution is -0.0576. The monoisotopic (exact) mass is 312 g/mol. The third-order valence-electron chi connectivity index (χ3n) is 3.30. The fraction of sp³-hybridized carbons (Fsp3) is 0.214. The third-order valence-corrected chi connectivity index (χ3v) is 3.30. The Morgan fingerprint density at radius 3 is 3.13 bits per heavy atom. The molecule has 2 aromatic rings. The number of hydroxylamine groups is 2. The minimum atomic E-state index is -0.861. The number of guanidine groups is 1. The molecular weight excluding hydrogens is 300 g/mol. The number of aliphatic imine (C=N–C) groups is 2. The number of hydrogen-bond donors (Lipinski definition) is 1. The molecule has 0 fully saturated rings. The van der Waals surface area contributed by atoms with E-state index in [0.717, 1.165) is 5.56 Å². The van der Waals surface area contributed by atoms with Crippen LogP contribution in [0.3, 0.4) is 0 Å². The highest BCUT2D eigenvalue weighted by molar-refractivity contribution is 5.97. The van der Waals surface area contributed by atoms with Crippen molar-refractivity contribution in [3.8, 4) is 6.07 Å². The van der Waals surface area contributed by atoms with Gasteiger partial charge in [0.2, 0.25) is 0 Å². The summed E-state index contributed by atoms with van der Waals surface area (Å²) < 4.78 is 4.45. The van der Waals surface area contributed by atoms with Gasteiger partial charge in [0.15, 0.2) is 0 Å². The number of ether oxygens (including phenoxy) is 1. The second-order valence-electron chi connectivity index (χ2n) is 4.64. The number of nitriles is 1. The molecule has 23 heavy (non-hydrogen) atoms. The largest absolute Gasteiger partial charge is 0.533 e. The van der Waals surface area contributed by atoms with Gasteiger partial charge in [0.05, 0.1) is 42.3 Å². The van der Waals surface area contributed by atoms with Gasteiger partial charge >= 0.3 is 6.16 Å². The van der Waals surface area contributed by atoms with Gasteiger partial charge in [-0.15, -0.1) is 0 Å². The second kappa shape index (κ2) is 5.76. The minimum Gasteiger partial charge on any atom is -0.436 e. The number of benzene rings is 1. The predicted molar refractivity (Wildman–Crippen MR) is 81.3 cm³/mol. The van der Waals surface area contributed by atoms with Crippen LogP contribution >= 0.6 is 0 Å². The number of aromatic nitrogens is 2. The Hall–Kier alpha value is -3.41. The lowest BCUT2D eigenvalue weighted by Crippen LogP contribution is -2.29. The molecule has 0 saturated carbocycles. The van der Waals surface area contributed by atoms with Gasteiger partial charge in [0.1, 0.15) is 6.07 Å². The first-order chi connectivity index (χ1) is 11.1. The van der Waals surface area contributed by atoms with Gasteiger partial charge in [-0.3, -0.25) is 0 Å². The van der Waals surface area contributed by atoms with Crippen molar-refractivity contribution in [2.24, 2.45) is 9.98 Å². The van der Waals surface area contributed by atoms with Crippen LogP contribution in [0.5, 0.6) is 0 Å². The van der Waals surface area contributed by atoms with Gasteiger partial charge < -0.3 is 14.6 Å². The first-order valence-corrected chi connectivity index (χ1v) is 6.65. The number of methoxy groups -OCH3 is 1. The fourth-order valence-electron chi connectivity index (χ4n) is 2.17. The van der Waals surface area contributed by atoms with E-state index in [1.807, 2.05) is 6.92 Å². The molecular formula is C14H12N6O3. The number of nitrogens with zero attached hydrogens (tertiary/aromatic N) is 5. The van der Waals surface area contributed by atoms with Gasteiger partial charge in [0, 0.05) is 11.8 Å². The second-order valence-corrected chi connectivity index (χ2v) is 4.64. The molecule has 1 aromatic carbocycles. The Kier molecular flexibility index (Phi) is 3.64. The maximum Gasteiger partial charge on any atom is 0.533 e. The molecule has 1 N–H and O–H groups in total. The van der Waals surface area contributed by atoms with Crippen LogP contribution in [0.1, 0.15) is 11.1 Å². The molecule has 9 heteroatoms.